The maximum absolute atomic E-state index is 11.4. The second-order valence-corrected chi connectivity index (χ2v) is 8.04. The fourth-order valence-corrected chi connectivity index (χ4v) is 4.35. The summed E-state index contributed by atoms with van der Waals surface area (Å²) < 4.78 is 5.82. The van der Waals surface area contributed by atoms with Gasteiger partial charge in [0.25, 0.3) is 0 Å². The number of ether oxygens (including phenoxy) is 1. The first-order chi connectivity index (χ1) is 15.5. The van der Waals surface area contributed by atoms with Gasteiger partial charge in [-0.15, -0.1) is 0 Å². The average Bonchev–Trinajstić information content (AvgIpc) is 3.21. The molecule has 0 radical (unpaired) electrons. The Bertz CT molecular complexity index is 1320. The highest BCUT2D eigenvalue weighted by atomic mass is 35.5. The smallest absolute Gasteiger partial charge is 0.214 e. The lowest BCUT2D eigenvalue weighted by Gasteiger charge is -2.17. The second kappa shape index (κ2) is 9.31. The van der Waals surface area contributed by atoms with Crippen molar-refractivity contribution in [3.05, 3.63) is 109 Å². The van der Waals surface area contributed by atoms with E-state index >= 15 is 0 Å². The summed E-state index contributed by atoms with van der Waals surface area (Å²) in [6, 6.07) is 20.1. The molecule has 1 atom stereocenters. The topological polar surface area (TPSA) is 91.9 Å². The molecule has 0 aliphatic heterocycles. The van der Waals surface area contributed by atoms with Crippen molar-refractivity contribution in [3.63, 3.8) is 0 Å². The number of H-pyrrole nitrogens is 1. The number of nitrogens with zero attached hydrogens (tertiary/aromatic N) is 2. The minimum absolute atomic E-state index is 0.114. The summed E-state index contributed by atoms with van der Waals surface area (Å²) in [6.45, 7) is -0.201. The molecule has 0 saturated heterocycles. The van der Waals surface area contributed by atoms with Gasteiger partial charge in [-0.05, 0) is 35.4 Å². The van der Waals surface area contributed by atoms with Crippen LogP contribution in [0.25, 0.3) is 10.9 Å². The number of halogens is 2. The van der Waals surface area contributed by atoms with Gasteiger partial charge in [0.05, 0.1) is 27.6 Å². The summed E-state index contributed by atoms with van der Waals surface area (Å²) in [5, 5.41) is 22.1. The Balaban J connectivity index is 1.68. The van der Waals surface area contributed by atoms with E-state index in [-0.39, 0.29) is 33.9 Å². The van der Waals surface area contributed by atoms with Crippen LogP contribution < -0.4 is 4.74 Å². The Labute approximate surface area is 194 Å². The summed E-state index contributed by atoms with van der Waals surface area (Å²) in [7, 11) is 0. The van der Waals surface area contributed by atoms with Gasteiger partial charge in [-0.3, -0.25) is 10.1 Å². The molecule has 32 heavy (non-hydrogen) atoms. The highest BCUT2D eigenvalue weighted by molar-refractivity contribution is 6.37. The fraction of sp³-hybridized carbons (Fsp3) is 0.125. The molecule has 0 bridgehead atoms. The molecule has 0 amide bonds. The predicted octanol–water partition coefficient (Wildman–Crippen LogP) is 6.33. The lowest BCUT2D eigenvalue weighted by Crippen LogP contribution is -2.14. The van der Waals surface area contributed by atoms with E-state index in [1.807, 2.05) is 30.3 Å². The van der Waals surface area contributed by atoms with Gasteiger partial charge in [-0.25, -0.2) is 0 Å². The molecule has 4 aromatic rings. The maximum atomic E-state index is 11.4. The summed E-state index contributed by atoms with van der Waals surface area (Å²) >= 11 is 13.0. The van der Waals surface area contributed by atoms with Crippen LogP contribution in [-0.4, -0.2) is 16.5 Å². The van der Waals surface area contributed by atoms with Gasteiger partial charge in [-0.1, -0.05) is 59.6 Å². The molecule has 4 rings (SSSR count). The normalized spacial score (nSPS) is 11.8. The number of hydrogen-bond donors (Lipinski definition) is 1. The van der Waals surface area contributed by atoms with Crippen LogP contribution in [0.15, 0.2) is 66.9 Å². The van der Waals surface area contributed by atoms with E-state index in [0.717, 1.165) is 16.5 Å². The van der Waals surface area contributed by atoms with Gasteiger partial charge in [0.15, 0.2) is 5.75 Å². The molecule has 0 saturated carbocycles. The van der Waals surface area contributed by atoms with Crippen LogP contribution >= 0.6 is 23.2 Å². The van der Waals surface area contributed by atoms with Crippen LogP contribution in [0.2, 0.25) is 10.0 Å². The lowest BCUT2D eigenvalue weighted by atomic mass is 9.91. The first-order valence-electron chi connectivity index (χ1n) is 9.75. The van der Waals surface area contributed by atoms with E-state index in [1.54, 1.807) is 36.5 Å². The number of aromatic nitrogens is 1. The molecule has 160 valence electrons. The molecule has 6 nitrogen and oxygen atoms in total. The molecule has 3 aromatic carbocycles. The average molecular weight is 466 g/mol. The number of nitro groups is 1. The minimum Gasteiger partial charge on any atom is -0.486 e. The highest BCUT2D eigenvalue weighted by Crippen LogP contribution is 2.40. The fourth-order valence-electron chi connectivity index (χ4n) is 3.74. The zero-order chi connectivity index (χ0) is 22.7. The third kappa shape index (κ3) is 4.40. The molecule has 0 unspecified atom stereocenters. The standard InChI is InChI=1S/C24H17Cl2N3O3/c25-21-9-17(10-22(26)24(21)32-14-16-6-2-1-5-15(16)11-27)20(13-29(30)31)19-12-28-23-8-4-3-7-18(19)23/h1-10,12,20,28H,13-14H2/t20-/m1/s1. The Morgan fingerprint density at radius 3 is 2.50 bits per heavy atom. The van der Waals surface area contributed by atoms with Crippen molar-refractivity contribution in [3.8, 4) is 11.8 Å². The number of para-hydroxylation sites is 1. The van der Waals surface area contributed by atoms with E-state index in [9.17, 15) is 15.4 Å². The quantitative estimate of drug-likeness (QED) is 0.254. The van der Waals surface area contributed by atoms with E-state index < -0.39 is 5.92 Å². The molecule has 8 heteroatoms. The SMILES string of the molecule is N#Cc1ccccc1COc1c(Cl)cc([C@@H](C[N+](=O)[O-])c2c[nH]c3ccccc23)cc1Cl. The largest absolute Gasteiger partial charge is 0.486 e. The van der Waals surface area contributed by atoms with Crippen LogP contribution in [-0.2, 0) is 6.61 Å². The van der Waals surface area contributed by atoms with Crippen molar-refractivity contribution >= 4 is 34.1 Å². The van der Waals surface area contributed by atoms with Crippen molar-refractivity contribution in [1.82, 2.24) is 4.98 Å². The van der Waals surface area contributed by atoms with E-state index in [4.69, 9.17) is 27.9 Å². The van der Waals surface area contributed by atoms with E-state index in [1.165, 1.54) is 0 Å². The molecular weight excluding hydrogens is 449 g/mol. The van der Waals surface area contributed by atoms with Gasteiger partial charge in [0, 0.05) is 27.6 Å². The molecular formula is C24H17Cl2N3O3. The van der Waals surface area contributed by atoms with Crippen molar-refractivity contribution in [1.29, 1.82) is 5.26 Å². The molecule has 0 aliphatic carbocycles. The highest BCUT2D eigenvalue weighted by Gasteiger charge is 2.25. The van der Waals surface area contributed by atoms with Crippen LogP contribution in [0.5, 0.6) is 5.75 Å². The summed E-state index contributed by atoms with van der Waals surface area (Å²) in [5.41, 5.74) is 3.51. The third-order valence-corrected chi connectivity index (χ3v) is 5.82. The Morgan fingerprint density at radius 1 is 1.09 bits per heavy atom. The predicted molar refractivity (Wildman–Crippen MR) is 124 cm³/mol. The first kappa shape index (κ1) is 21.7. The number of nitrogens with one attached hydrogen (secondary N) is 1. The molecule has 0 aliphatic rings. The summed E-state index contributed by atoms with van der Waals surface area (Å²) in [4.78, 5) is 14.3. The van der Waals surface area contributed by atoms with Gasteiger partial charge >= 0.3 is 0 Å². The molecule has 0 spiro atoms. The number of hydrogen-bond acceptors (Lipinski definition) is 4. The first-order valence-corrected chi connectivity index (χ1v) is 10.5. The van der Waals surface area contributed by atoms with E-state index in [2.05, 4.69) is 11.1 Å². The number of rotatable bonds is 7. The second-order valence-electron chi connectivity index (χ2n) is 7.23. The zero-order valence-electron chi connectivity index (χ0n) is 16.7. The monoisotopic (exact) mass is 465 g/mol. The minimum atomic E-state index is -0.551. The Morgan fingerprint density at radius 2 is 1.78 bits per heavy atom. The zero-order valence-corrected chi connectivity index (χ0v) is 18.2. The van der Waals surface area contributed by atoms with Gasteiger partial charge < -0.3 is 9.72 Å². The van der Waals surface area contributed by atoms with Crippen molar-refractivity contribution in [2.24, 2.45) is 0 Å². The molecule has 0 fully saturated rings. The van der Waals surface area contributed by atoms with Gasteiger partial charge in [-0.2, -0.15) is 5.26 Å². The summed E-state index contributed by atoms with van der Waals surface area (Å²) in [5.74, 6) is -0.284. The number of fused-ring (bicyclic) bond motifs is 1. The van der Waals surface area contributed by atoms with Crippen molar-refractivity contribution < 1.29 is 9.66 Å². The molecule has 1 aromatic heterocycles. The number of aromatic amines is 1. The summed E-state index contributed by atoms with van der Waals surface area (Å²) in [6.07, 6.45) is 1.78. The number of nitriles is 1. The third-order valence-electron chi connectivity index (χ3n) is 5.26. The van der Waals surface area contributed by atoms with Crippen LogP contribution in [0.3, 0.4) is 0 Å². The van der Waals surface area contributed by atoms with Gasteiger partial charge in [0.1, 0.15) is 6.61 Å². The Kier molecular flexibility index (Phi) is 6.31. The van der Waals surface area contributed by atoms with Crippen LogP contribution in [0.4, 0.5) is 0 Å². The molecule has 1 heterocycles. The van der Waals surface area contributed by atoms with Crippen molar-refractivity contribution in [2.45, 2.75) is 12.5 Å². The van der Waals surface area contributed by atoms with E-state index in [0.29, 0.717) is 16.7 Å². The maximum Gasteiger partial charge on any atom is 0.214 e. The number of benzene rings is 3. The lowest BCUT2D eigenvalue weighted by molar-refractivity contribution is -0.481. The van der Waals surface area contributed by atoms with Crippen LogP contribution in [0.1, 0.15) is 28.2 Å². The Hall–Kier alpha value is -3.53. The molecule has 1 N–H and O–H groups in total. The van der Waals surface area contributed by atoms with Crippen LogP contribution in [0, 0.1) is 21.4 Å². The van der Waals surface area contributed by atoms with Crippen molar-refractivity contribution in [2.75, 3.05) is 6.54 Å². The van der Waals surface area contributed by atoms with Gasteiger partial charge in [0.2, 0.25) is 6.54 Å².